The van der Waals surface area contributed by atoms with Gasteiger partial charge in [-0.1, -0.05) is 53.5 Å². The lowest BCUT2D eigenvalue weighted by Crippen LogP contribution is -2.57. The van der Waals surface area contributed by atoms with Gasteiger partial charge < -0.3 is 19.1 Å². The Morgan fingerprint density at radius 2 is 1.66 bits per heavy atom. The van der Waals surface area contributed by atoms with E-state index in [9.17, 15) is 9.00 Å². The van der Waals surface area contributed by atoms with E-state index >= 15 is 8.78 Å². The van der Waals surface area contributed by atoms with Crippen LogP contribution in [0.15, 0.2) is 35.6 Å². The number of pyridine rings is 1. The first kappa shape index (κ1) is 41.4. The summed E-state index contributed by atoms with van der Waals surface area (Å²) in [6.45, 7) is 19.4. The number of ether oxygens (including phenoxy) is 3. The average molecular weight is 806 g/mol. The number of piperazine rings is 1. The summed E-state index contributed by atoms with van der Waals surface area (Å²) in [5.41, 5.74) is 4.20. The molecule has 14 heteroatoms. The molecule has 2 bridgehead atoms. The normalized spacial score (nSPS) is 17.9. The van der Waals surface area contributed by atoms with E-state index in [4.69, 9.17) is 14.2 Å². The van der Waals surface area contributed by atoms with Gasteiger partial charge in [-0.3, -0.25) is 14.1 Å². The molecule has 0 saturated carbocycles. The number of methoxy groups -OCH3 is 1. The van der Waals surface area contributed by atoms with Crippen molar-refractivity contribution in [3.05, 3.63) is 47.7 Å². The quantitative estimate of drug-likeness (QED) is 0.0709. The van der Waals surface area contributed by atoms with Crippen molar-refractivity contribution in [3.8, 4) is 28.5 Å². The van der Waals surface area contributed by atoms with Crippen LogP contribution in [0.5, 0.6) is 5.75 Å². The Morgan fingerprint density at radius 1 is 1.02 bits per heavy atom. The second-order valence-electron chi connectivity index (χ2n) is 16.8. The van der Waals surface area contributed by atoms with Gasteiger partial charge in [-0.15, -0.1) is 5.54 Å². The van der Waals surface area contributed by atoms with E-state index in [1.54, 1.807) is 23.1 Å². The van der Waals surface area contributed by atoms with Gasteiger partial charge in [-0.2, -0.15) is 0 Å². The molecule has 2 fully saturated rings. The van der Waals surface area contributed by atoms with E-state index in [0.717, 1.165) is 12.8 Å². The van der Waals surface area contributed by atoms with Gasteiger partial charge in [0.15, 0.2) is 12.6 Å². The van der Waals surface area contributed by atoms with E-state index in [1.807, 2.05) is 25.7 Å². The highest BCUT2D eigenvalue weighted by molar-refractivity contribution is 7.84. The Balaban J connectivity index is 1.54. The molecule has 56 heavy (non-hydrogen) atoms. The third-order valence-electron chi connectivity index (χ3n) is 11.2. The predicted molar refractivity (Wildman–Crippen MR) is 220 cm³/mol. The van der Waals surface area contributed by atoms with Crippen molar-refractivity contribution in [2.45, 2.75) is 115 Å². The molecular formula is C42H53F2N5O5SSi. The molecule has 4 aromatic rings. The number of carbonyl (C=O) groups excluding carboxylic acids is 1. The topological polar surface area (TPSA) is 107 Å². The summed E-state index contributed by atoms with van der Waals surface area (Å²) in [5, 5.41) is 1.27. The Bertz CT molecular complexity index is 2220. The van der Waals surface area contributed by atoms with E-state index < -0.39 is 36.1 Å². The summed E-state index contributed by atoms with van der Waals surface area (Å²) < 4.78 is 63.2. The molecule has 2 aromatic carbocycles. The van der Waals surface area contributed by atoms with Crippen molar-refractivity contribution in [2.75, 3.05) is 38.1 Å². The van der Waals surface area contributed by atoms with E-state index in [1.165, 1.54) is 25.6 Å². The number of anilines is 1. The maximum Gasteiger partial charge on any atom is 0.410 e. The lowest BCUT2D eigenvalue weighted by molar-refractivity contribution is 0.0122. The number of halogens is 2. The zero-order valence-electron chi connectivity index (χ0n) is 34.3. The Hall–Kier alpha value is -4.19. The predicted octanol–water partition coefficient (Wildman–Crippen LogP) is 9.00. The molecule has 2 saturated heterocycles. The van der Waals surface area contributed by atoms with Crippen molar-refractivity contribution in [2.24, 2.45) is 0 Å². The number of hydrogen-bond acceptors (Lipinski definition) is 9. The number of hydrogen-bond donors (Lipinski definition) is 0. The summed E-state index contributed by atoms with van der Waals surface area (Å²) in [5.74, 6) is 2.75. The smallest absolute Gasteiger partial charge is 0.410 e. The van der Waals surface area contributed by atoms with Gasteiger partial charge in [0.2, 0.25) is 5.16 Å². The first-order valence-electron chi connectivity index (χ1n) is 19.2. The Kier molecular flexibility index (Phi) is 11.8. The Labute approximate surface area is 332 Å². The zero-order chi connectivity index (χ0) is 40.9. The van der Waals surface area contributed by atoms with Gasteiger partial charge in [-0.05, 0) is 73.8 Å². The fraction of sp³-hybridized carbons (Fsp3) is 0.524. The van der Waals surface area contributed by atoms with Crippen molar-refractivity contribution in [1.82, 2.24) is 19.9 Å². The molecule has 2 aliphatic heterocycles. The number of rotatable bonds is 9. The minimum Gasteiger partial charge on any atom is -0.468 e. The highest BCUT2D eigenvalue weighted by atomic mass is 32.2. The highest BCUT2D eigenvalue weighted by Crippen LogP contribution is 2.43. The first-order valence-corrected chi connectivity index (χ1v) is 23.0. The molecule has 3 atom stereocenters. The number of aromatic nitrogens is 3. The zero-order valence-corrected chi connectivity index (χ0v) is 36.1. The van der Waals surface area contributed by atoms with Crippen LogP contribution in [0.2, 0.25) is 16.6 Å². The molecule has 1 amide bonds. The fourth-order valence-corrected chi connectivity index (χ4v) is 14.4. The first-order chi connectivity index (χ1) is 26.4. The van der Waals surface area contributed by atoms with Crippen LogP contribution in [0.1, 0.15) is 80.7 Å². The van der Waals surface area contributed by atoms with Crippen LogP contribution < -0.4 is 9.64 Å². The highest BCUT2D eigenvalue weighted by Gasteiger charge is 2.45. The summed E-state index contributed by atoms with van der Waals surface area (Å²) in [7, 11) is -2.46. The molecule has 0 N–H and O–H groups in total. The molecule has 6 rings (SSSR count). The summed E-state index contributed by atoms with van der Waals surface area (Å²) in [4.78, 5) is 30.9. The number of carbonyl (C=O) groups is 1. The molecule has 0 aliphatic carbocycles. The standard InChI is InChI=1S/C42H53F2N5O5SSi/c1-24(2)56(25(3)4,26(5)6)17-16-31-34(43)15-12-27-18-30(53-23-52-10)19-32(35(27)31)37-36(44)38-33(20-45-37)39(47-40(46-38)55(11)51)48-21-28-13-14-29(22-48)49(28)41(50)54-42(7,8)9/h12,15,18-20,24-26,28-29H,13-14,21-23H2,1-11H3/t28-,29+,55?. The van der Waals surface area contributed by atoms with Gasteiger partial charge in [0.25, 0.3) is 0 Å². The van der Waals surface area contributed by atoms with Crippen molar-refractivity contribution < 1.29 is 32.0 Å². The number of amides is 1. The van der Waals surface area contributed by atoms with Crippen LogP contribution in [-0.2, 0) is 20.3 Å². The van der Waals surface area contributed by atoms with Crippen LogP contribution in [-0.4, -0.2) is 89.2 Å². The van der Waals surface area contributed by atoms with Gasteiger partial charge in [0.1, 0.15) is 42.3 Å². The van der Waals surface area contributed by atoms with Crippen LogP contribution in [0.3, 0.4) is 0 Å². The summed E-state index contributed by atoms with van der Waals surface area (Å²) in [6.07, 6.45) is 4.15. The van der Waals surface area contributed by atoms with Crippen LogP contribution in [0.4, 0.5) is 19.4 Å². The van der Waals surface area contributed by atoms with Crippen LogP contribution in [0, 0.1) is 23.1 Å². The number of fused-ring (bicyclic) bond motifs is 4. The SMILES string of the molecule is COCOc1cc(-c2ncc3c(N4C[C@H]5CC[C@@H](C4)N5C(=O)OC(C)(C)C)nc(S(C)=O)nc3c2F)c2c(C#C[Si](C(C)C)(C(C)C)C(C)C)c(F)ccc2c1. The molecule has 2 aromatic heterocycles. The third-order valence-corrected chi connectivity index (χ3v) is 18.2. The van der Waals surface area contributed by atoms with Crippen LogP contribution in [0.25, 0.3) is 32.9 Å². The number of nitrogens with zero attached hydrogens (tertiary/aromatic N) is 5. The molecule has 10 nitrogen and oxygen atoms in total. The van der Waals surface area contributed by atoms with Crippen molar-refractivity contribution >= 4 is 52.5 Å². The molecule has 2 aliphatic rings. The van der Waals surface area contributed by atoms with Gasteiger partial charge >= 0.3 is 6.09 Å². The molecule has 300 valence electrons. The van der Waals surface area contributed by atoms with E-state index in [0.29, 0.717) is 57.4 Å². The minimum absolute atomic E-state index is 0.0394. The molecule has 1 unspecified atom stereocenters. The second-order valence-corrected chi connectivity index (χ2v) is 23.7. The lowest BCUT2D eigenvalue weighted by atomic mass is 9.95. The van der Waals surface area contributed by atoms with E-state index in [2.05, 4.69) is 68.0 Å². The number of benzene rings is 2. The minimum atomic E-state index is -2.30. The third kappa shape index (κ3) is 7.74. The van der Waals surface area contributed by atoms with Crippen LogP contribution >= 0.6 is 0 Å². The maximum absolute atomic E-state index is 17.3. The average Bonchev–Trinajstić information content (AvgIpc) is 3.39. The fourth-order valence-electron chi connectivity index (χ4n) is 8.80. The molecule has 4 heterocycles. The van der Waals surface area contributed by atoms with Gasteiger partial charge in [0, 0.05) is 43.6 Å². The maximum atomic E-state index is 17.3. The Morgan fingerprint density at radius 3 is 2.23 bits per heavy atom. The lowest BCUT2D eigenvalue weighted by Gasteiger charge is -2.42. The largest absolute Gasteiger partial charge is 0.468 e. The van der Waals surface area contributed by atoms with E-state index in [-0.39, 0.29) is 52.5 Å². The molecule has 0 spiro atoms. The monoisotopic (exact) mass is 805 g/mol. The van der Waals surface area contributed by atoms with Gasteiger partial charge in [-0.25, -0.2) is 23.5 Å². The summed E-state index contributed by atoms with van der Waals surface area (Å²) >= 11 is 0. The summed E-state index contributed by atoms with van der Waals surface area (Å²) in [6, 6.07) is 6.07. The van der Waals surface area contributed by atoms with Gasteiger partial charge in [0.05, 0.1) is 33.8 Å². The molecular weight excluding hydrogens is 753 g/mol. The molecule has 0 radical (unpaired) electrons. The van der Waals surface area contributed by atoms with Crippen molar-refractivity contribution in [3.63, 3.8) is 0 Å². The van der Waals surface area contributed by atoms with Crippen molar-refractivity contribution in [1.29, 1.82) is 0 Å². The second kappa shape index (κ2) is 16.0.